The normalized spacial score (nSPS) is 14.4. The number of aromatic amines is 1. The zero-order valence-corrected chi connectivity index (χ0v) is 13.5. The van der Waals surface area contributed by atoms with Gasteiger partial charge in [-0.1, -0.05) is 6.42 Å². The van der Waals surface area contributed by atoms with E-state index >= 15 is 0 Å². The van der Waals surface area contributed by atoms with Gasteiger partial charge in [-0.3, -0.25) is 4.79 Å². The third-order valence-corrected chi connectivity index (χ3v) is 4.66. The van der Waals surface area contributed by atoms with Crippen molar-refractivity contribution in [1.29, 1.82) is 0 Å². The highest BCUT2D eigenvalue weighted by molar-refractivity contribution is 5.94. The van der Waals surface area contributed by atoms with Crippen LogP contribution in [0.1, 0.15) is 19.3 Å². The molecule has 0 atom stereocenters. The number of carbonyl (C=O) groups excluding carboxylic acids is 1. The van der Waals surface area contributed by atoms with Crippen LogP contribution in [-0.2, 0) is 4.79 Å². The highest BCUT2D eigenvalue weighted by Gasteiger charge is 2.25. The molecule has 0 radical (unpaired) electrons. The monoisotopic (exact) mass is 321 g/mol. The summed E-state index contributed by atoms with van der Waals surface area (Å²) in [7, 11) is 1.64. The molecule has 0 saturated heterocycles. The van der Waals surface area contributed by atoms with Crippen LogP contribution in [0.15, 0.2) is 42.7 Å². The van der Waals surface area contributed by atoms with Crippen molar-refractivity contribution in [2.24, 2.45) is 5.92 Å². The number of methoxy groups -OCH3 is 1. The number of nitrogens with zero attached hydrogens (tertiary/aromatic N) is 1. The largest absolute Gasteiger partial charge is 0.496 e. The van der Waals surface area contributed by atoms with E-state index in [1.54, 1.807) is 7.11 Å². The van der Waals surface area contributed by atoms with Crippen molar-refractivity contribution in [3.8, 4) is 16.9 Å². The number of nitrogens with one attached hydrogen (secondary N) is 2. The molecular formula is C19H19N3O2. The lowest BCUT2D eigenvalue weighted by Gasteiger charge is -2.24. The second-order valence-corrected chi connectivity index (χ2v) is 6.17. The van der Waals surface area contributed by atoms with Gasteiger partial charge in [0.15, 0.2) is 0 Å². The van der Waals surface area contributed by atoms with Crippen LogP contribution in [0.3, 0.4) is 0 Å². The molecule has 1 aliphatic carbocycles. The molecule has 0 bridgehead atoms. The van der Waals surface area contributed by atoms with Crippen LogP contribution < -0.4 is 10.1 Å². The van der Waals surface area contributed by atoms with Crippen LogP contribution in [-0.4, -0.2) is 23.0 Å². The van der Waals surface area contributed by atoms with Crippen molar-refractivity contribution >= 4 is 22.6 Å². The minimum Gasteiger partial charge on any atom is -0.496 e. The number of hydrogen-bond donors (Lipinski definition) is 2. The smallest absolute Gasteiger partial charge is 0.227 e. The molecule has 2 heterocycles. The van der Waals surface area contributed by atoms with Crippen LogP contribution in [0, 0.1) is 5.92 Å². The van der Waals surface area contributed by atoms with Gasteiger partial charge in [-0.2, -0.15) is 0 Å². The number of carbonyl (C=O) groups is 1. The molecule has 1 aromatic carbocycles. The fourth-order valence-corrected chi connectivity index (χ4v) is 3.01. The van der Waals surface area contributed by atoms with Gasteiger partial charge < -0.3 is 15.0 Å². The first-order chi connectivity index (χ1) is 11.7. The average molecular weight is 321 g/mol. The van der Waals surface area contributed by atoms with Crippen molar-refractivity contribution in [2.75, 3.05) is 12.4 Å². The Hall–Kier alpha value is -2.82. The van der Waals surface area contributed by atoms with Crippen LogP contribution in [0.25, 0.3) is 22.2 Å². The summed E-state index contributed by atoms with van der Waals surface area (Å²) in [6, 6.07) is 9.81. The van der Waals surface area contributed by atoms with Gasteiger partial charge >= 0.3 is 0 Å². The molecule has 2 N–H and O–H groups in total. The quantitative estimate of drug-likeness (QED) is 0.764. The lowest BCUT2D eigenvalue weighted by atomic mass is 9.85. The van der Waals surface area contributed by atoms with Crippen LogP contribution in [0.5, 0.6) is 5.75 Å². The third-order valence-electron chi connectivity index (χ3n) is 4.66. The van der Waals surface area contributed by atoms with E-state index in [9.17, 15) is 4.79 Å². The fraction of sp³-hybridized carbons (Fsp3) is 0.263. The van der Waals surface area contributed by atoms with E-state index in [0.29, 0.717) is 0 Å². The van der Waals surface area contributed by atoms with Gasteiger partial charge in [0.2, 0.25) is 5.91 Å². The number of ether oxygens (including phenoxy) is 1. The number of aromatic nitrogens is 2. The fourth-order valence-electron chi connectivity index (χ4n) is 3.01. The van der Waals surface area contributed by atoms with Crippen LogP contribution >= 0.6 is 0 Å². The van der Waals surface area contributed by atoms with Gasteiger partial charge in [0, 0.05) is 46.6 Å². The first kappa shape index (κ1) is 14.8. The molecule has 1 fully saturated rings. The molecule has 122 valence electrons. The second-order valence-electron chi connectivity index (χ2n) is 6.17. The maximum Gasteiger partial charge on any atom is 0.227 e. The summed E-state index contributed by atoms with van der Waals surface area (Å²) in [5.74, 6) is 0.987. The first-order valence-electron chi connectivity index (χ1n) is 8.17. The summed E-state index contributed by atoms with van der Waals surface area (Å²) < 4.78 is 5.53. The first-order valence-corrected chi connectivity index (χ1v) is 8.17. The van der Waals surface area contributed by atoms with Gasteiger partial charge in [0.1, 0.15) is 11.4 Å². The molecule has 1 amide bonds. The summed E-state index contributed by atoms with van der Waals surface area (Å²) >= 11 is 0. The Balaban J connectivity index is 1.64. The van der Waals surface area contributed by atoms with E-state index in [1.807, 2.05) is 36.7 Å². The zero-order valence-electron chi connectivity index (χ0n) is 13.5. The molecule has 0 aliphatic heterocycles. The Morgan fingerprint density at radius 2 is 2.17 bits per heavy atom. The van der Waals surface area contributed by atoms with Crippen molar-refractivity contribution in [3.05, 3.63) is 42.7 Å². The maximum atomic E-state index is 12.1. The van der Waals surface area contributed by atoms with Crippen molar-refractivity contribution < 1.29 is 9.53 Å². The van der Waals surface area contributed by atoms with Crippen molar-refractivity contribution in [3.63, 3.8) is 0 Å². The van der Waals surface area contributed by atoms with E-state index in [4.69, 9.17) is 4.74 Å². The zero-order chi connectivity index (χ0) is 16.5. The lowest BCUT2D eigenvalue weighted by molar-refractivity contribution is -0.122. The van der Waals surface area contributed by atoms with Crippen molar-refractivity contribution in [1.82, 2.24) is 9.97 Å². The number of fused-ring (bicyclic) bond motifs is 1. The molecule has 4 rings (SSSR count). The maximum absolute atomic E-state index is 12.1. The van der Waals surface area contributed by atoms with Crippen molar-refractivity contribution in [2.45, 2.75) is 19.3 Å². The Labute approximate surface area is 140 Å². The number of rotatable bonds is 4. The molecule has 5 heteroatoms. The van der Waals surface area contributed by atoms with E-state index in [0.717, 1.165) is 52.9 Å². The Bertz CT molecular complexity index is 897. The molecule has 0 spiro atoms. The Morgan fingerprint density at radius 1 is 1.29 bits per heavy atom. The van der Waals surface area contributed by atoms with E-state index in [1.165, 1.54) is 0 Å². The third kappa shape index (κ3) is 2.62. The molecule has 1 aliphatic rings. The van der Waals surface area contributed by atoms with Gasteiger partial charge in [-0.05, 0) is 37.1 Å². The summed E-state index contributed by atoms with van der Waals surface area (Å²) in [6.45, 7) is 0. The highest BCUT2D eigenvalue weighted by Crippen LogP contribution is 2.34. The summed E-state index contributed by atoms with van der Waals surface area (Å²) in [6.07, 6.45) is 6.82. The predicted molar refractivity (Wildman–Crippen MR) is 94.1 cm³/mol. The summed E-state index contributed by atoms with van der Waals surface area (Å²) in [5.41, 5.74) is 3.57. The molecule has 1 saturated carbocycles. The SMILES string of the molecule is COc1cc(NC(=O)C2CCC2)ccc1-c1cnc2[nH]ccc2c1. The molecule has 5 nitrogen and oxygen atoms in total. The number of anilines is 1. The topological polar surface area (TPSA) is 67.0 Å². The number of amides is 1. The minimum absolute atomic E-state index is 0.103. The lowest BCUT2D eigenvalue weighted by Crippen LogP contribution is -2.28. The Morgan fingerprint density at radius 3 is 2.92 bits per heavy atom. The van der Waals surface area contributed by atoms with Gasteiger partial charge in [-0.15, -0.1) is 0 Å². The molecule has 2 aromatic heterocycles. The van der Waals surface area contributed by atoms with E-state index in [-0.39, 0.29) is 11.8 Å². The van der Waals surface area contributed by atoms with E-state index in [2.05, 4.69) is 21.4 Å². The summed E-state index contributed by atoms with van der Waals surface area (Å²) in [5, 5.41) is 4.04. The van der Waals surface area contributed by atoms with Gasteiger partial charge in [0.25, 0.3) is 0 Å². The molecular weight excluding hydrogens is 302 g/mol. The minimum atomic E-state index is 0.103. The second kappa shape index (κ2) is 6.00. The van der Waals surface area contributed by atoms with Gasteiger partial charge in [0.05, 0.1) is 7.11 Å². The number of benzene rings is 1. The van der Waals surface area contributed by atoms with E-state index < -0.39 is 0 Å². The highest BCUT2D eigenvalue weighted by atomic mass is 16.5. The summed E-state index contributed by atoms with van der Waals surface area (Å²) in [4.78, 5) is 19.6. The molecule has 24 heavy (non-hydrogen) atoms. The van der Waals surface area contributed by atoms with Gasteiger partial charge in [-0.25, -0.2) is 4.98 Å². The predicted octanol–water partition coefficient (Wildman–Crippen LogP) is 3.98. The number of pyridine rings is 1. The Kier molecular flexibility index (Phi) is 3.69. The number of H-pyrrole nitrogens is 1. The number of hydrogen-bond acceptors (Lipinski definition) is 3. The average Bonchev–Trinajstić information content (AvgIpc) is 3.00. The van der Waals surface area contributed by atoms with Crippen LogP contribution in [0.4, 0.5) is 5.69 Å². The standard InChI is InChI=1S/C19H19N3O2/c1-24-17-10-15(22-19(23)12-3-2-4-12)5-6-16(17)14-9-13-7-8-20-18(13)21-11-14/h5-12H,2-4H2,1H3,(H,20,21)(H,22,23). The van der Waals surface area contributed by atoms with Crippen LogP contribution in [0.2, 0.25) is 0 Å². The molecule has 0 unspecified atom stereocenters. The molecule has 3 aromatic rings.